The lowest BCUT2D eigenvalue weighted by Crippen LogP contribution is -2.16. The highest BCUT2D eigenvalue weighted by molar-refractivity contribution is 7.90. The normalized spacial score (nSPS) is 11.8. The van der Waals surface area contributed by atoms with Crippen LogP contribution in [0.1, 0.15) is 22.5 Å². The van der Waals surface area contributed by atoms with Crippen LogP contribution in [-0.2, 0) is 27.7 Å². The van der Waals surface area contributed by atoms with E-state index in [9.17, 15) is 18.3 Å². The Morgan fingerprint density at radius 2 is 1.87 bits per heavy atom. The van der Waals surface area contributed by atoms with E-state index in [-0.39, 0.29) is 22.8 Å². The van der Waals surface area contributed by atoms with Crippen molar-refractivity contribution in [1.29, 1.82) is 0 Å². The second-order valence-corrected chi connectivity index (χ2v) is 9.44. The average Bonchev–Trinajstić information content (AvgIpc) is 3.27. The third-order valence-electron chi connectivity index (χ3n) is 5.30. The molecule has 0 unspecified atom stereocenters. The van der Waals surface area contributed by atoms with Crippen LogP contribution in [0.2, 0.25) is 5.02 Å². The molecule has 3 aromatic heterocycles. The second kappa shape index (κ2) is 7.79. The van der Waals surface area contributed by atoms with Crippen molar-refractivity contribution < 1.29 is 18.3 Å². The lowest BCUT2D eigenvalue weighted by atomic mass is 10.1. The summed E-state index contributed by atoms with van der Waals surface area (Å²) < 4.78 is 29.5. The molecule has 0 radical (unpaired) electrons. The van der Waals surface area contributed by atoms with Gasteiger partial charge in [0.05, 0.1) is 11.4 Å². The van der Waals surface area contributed by atoms with E-state index in [1.54, 1.807) is 42.6 Å². The summed E-state index contributed by atoms with van der Waals surface area (Å²) in [6.07, 6.45) is 3.31. The minimum absolute atomic E-state index is 0.0154. The summed E-state index contributed by atoms with van der Waals surface area (Å²) in [4.78, 5) is 11.4. The van der Waals surface area contributed by atoms with Crippen LogP contribution >= 0.6 is 11.6 Å². The van der Waals surface area contributed by atoms with E-state index in [1.807, 2.05) is 11.3 Å². The third kappa shape index (κ3) is 3.68. The molecule has 0 amide bonds. The number of anilines is 1. The molecule has 3 N–H and O–H groups in total. The molecule has 3 heterocycles. The summed E-state index contributed by atoms with van der Waals surface area (Å²) in [7, 11) is -3.91. The highest BCUT2D eigenvalue weighted by Crippen LogP contribution is 2.29. The topological polar surface area (TPSA) is 107 Å². The molecule has 0 bridgehead atoms. The molecule has 0 atom stereocenters. The van der Waals surface area contributed by atoms with Gasteiger partial charge in [-0.15, -0.1) is 0 Å². The van der Waals surface area contributed by atoms with E-state index in [2.05, 4.69) is 0 Å². The number of halogens is 1. The molecule has 0 fully saturated rings. The first-order chi connectivity index (χ1) is 14.7. The summed E-state index contributed by atoms with van der Waals surface area (Å²) in [5.74, 6) is -0.941. The zero-order chi connectivity index (χ0) is 22.3. The smallest absolute Gasteiger partial charge is 0.307 e. The Hall–Kier alpha value is -3.23. The number of hydrogen-bond donors (Lipinski definition) is 2. The van der Waals surface area contributed by atoms with E-state index in [0.29, 0.717) is 16.9 Å². The SMILES string of the molecule is Cc1c(CC(=O)O)c2ccc(N)cn2c1Cc1cccn1S(=O)(=O)c1ccccc1Cl. The number of carbonyl (C=O) groups is 1. The summed E-state index contributed by atoms with van der Waals surface area (Å²) in [5.41, 5.74) is 9.97. The van der Waals surface area contributed by atoms with Gasteiger partial charge in [0, 0.05) is 41.4 Å². The van der Waals surface area contributed by atoms with Crippen LogP contribution in [0.5, 0.6) is 0 Å². The predicted octanol–water partition coefficient (Wildman–Crippen LogP) is 3.74. The molecule has 0 aliphatic heterocycles. The third-order valence-corrected chi connectivity index (χ3v) is 7.53. The van der Waals surface area contributed by atoms with Gasteiger partial charge in [0.25, 0.3) is 10.0 Å². The van der Waals surface area contributed by atoms with Crippen LogP contribution in [0.15, 0.2) is 65.8 Å². The van der Waals surface area contributed by atoms with Crippen molar-refractivity contribution in [2.24, 2.45) is 0 Å². The maximum atomic E-state index is 13.3. The number of nitrogen functional groups attached to an aromatic ring is 1. The first-order valence-electron chi connectivity index (χ1n) is 9.46. The number of carboxylic acid groups (broad SMARTS) is 1. The van der Waals surface area contributed by atoms with Crippen LogP contribution in [0.3, 0.4) is 0 Å². The van der Waals surface area contributed by atoms with Crippen molar-refractivity contribution in [2.45, 2.75) is 24.7 Å². The number of fused-ring (bicyclic) bond motifs is 1. The molecule has 7 nitrogen and oxygen atoms in total. The number of hydrogen-bond acceptors (Lipinski definition) is 4. The highest BCUT2D eigenvalue weighted by atomic mass is 35.5. The van der Waals surface area contributed by atoms with Gasteiger partial charge in [0.1, 0.15) is 4.90 Å². The van der Waals surface area contributed by atoms with E-state index in [4.69, 9.17) is 17.3 Å². The predicted molar refractivity (Wildman–Crippen MR) is 119 cm³/mol. The molecular weight excluding hydrogens is 438 g/mol. The number of nitrogens with two attached hydrogens (primary N) is 1. The van der Waals surface area contributed by atoms with Gasteiger partial charge in [0.15, 0.2) is 0 Å². The van der Waals surface area contributed by atoms with Crippen molar-refractivity contribution in [3.05, 3.63) is 88.5 Å². The van der Waals surface area contributed by atoms with Gasteiger partial charge >= 0.3 is 5.97 Å². The van der Waals surface area contributed by atoms with Crippen LogP contribution < -0.4 is 5.73 Å². The number of rotatable bonds is 6. The van der Waals surface area contributed by atoms with Gasteiger partial charge < -0.3 is 15.2 Å². The first-order valence-corrected chi connectivity index (χ1v) is 11.3. The Balaban J connectivity index is 1.85. The van der Waals surface area contributed by atoms with Crippen molar-refractivity contribution in [3.8, 4) is 0 Å². The Morgan fingerprint density at radius 3 is 2.58 bits per heavy atom. The van der Waals surface area contributed by atoms with Crippen molar-refractivity contribution in [3.63, 3.8) is 0 Å². The van der Waals surface area contributed by atoms with Gasteiger partial charge in [-0.25, -0.2) is 12.4 Å². The summed E-state index contributed by atoms with van der Waals surface area (Å²) in [5, 5.41) is 9.49. The number of pyridine rings is 1. The lowest BCUT2D eigenvalue weighted by Gasteiger charge is -2.12. The molecule has 9 heteroatoms. The average molecular weight is 458 g/mol. The molecule has 1 aromatic carbocycles. The van der Waals surface area contributed by atoms with Crippen molar-refractivity contribution in [2.75, 3.05) is 5.73 Å². The van der Waals surface area contributed by atoms with Gasteiger partial charge in [-0.3, -0.25) is 4.79 Å². The Bertz CT molecular complexity index is 1420. The largest absolute Gasteiger partial charge is 0.481 e. The van der Waals surface area contributed by atoms with E-state index in [1.165, 1.54) is 22.3 Å². The maximum absolute atomic E-state index is 13.3. The summed E-state index contributed by atoms with van der Waals surface area (Å²) in [6.45, 7) is 1.84. The summed E-state index contributed by atoms with van der Waals surface area (Å²) in [6, 6.07) is 13.2. The van der Waals surface area contributed by atoms with E-state index >= 15 is 0 Å². The molecule has 4 aromatic rings. The molecule has 160 valence electrons. The monoisotopic (exact) mass is 457 g/mol. The van der Waals surface area contributed by atoms with Gasteiger partial charge in [-0.2, -0.15) is 0 Å². The zero-order valence-corrected chi connectivity index (χ0v) is 18.2. The number of aromatic nitrogens is 2. The number of aliphatic carboxylic acids is 1. The number of benzene rings is 1. The van der Waals surface area contributed by atoms with Crippen LogP contribution in [-0.4, -0.2) is 27.9 Å². The van der Waals surface area contributed by atoms with E-state index in [0.717, 1.165) is 16.8 Å². The maximum Gasteiger partial charge on any atom is 0.307 e. The molecule has 0 aliphatic carbocycles. The van der Waals surface area contributed by atoms with Crippen molar-refractivity contribution in [1.82, 2.24) is 8.37 Å². The summed E-state index contributed by atoms with van der Waals surface area (Å²) >= 11 is 6.14. The van der Waals surface area contributed by atoms with Gasteiger partial charge in [-0.05, 0) is 54.4 Å². The molecule has 0 saturated carbocycles. The fourth-order valence-electron chi connectivity index (χ4n) is 3.83. The van der Waals surface area contributed by atoms with E-state index < -0.39 is 16.0 Å². The lowest BCUT2D eigenvalue weighted by molar-refractivity contribution is -0.136. The number of carboxylic acids is 1. The Morgan fingerprint density at radius 1 is 1.13 bits per heavy atom. The molecule has 4 rings (SSSR count). The minimum Gasteiger partial charge on any atom is -0.481 e. The van der Waals surface area contributed by atoms with Crippen LogP contribution in [0, 0.1) is 6.92 Å². The highest BCUT2D eigenvalue weighted by Gasteiger charge is 2.24. The minimum atomic E-state index is -3.91. The fraction of sp³-hybridized carbons (Fsp3) is 0.136. The fourth-order valence-corrected chi connectivity index (χ4v) is 5.70. The molecule has 0 saturated heterocycles. The van der Waals surface area contributed by atoms with Crippen LogP contribution in [0.25, 0.3) is 5.52 Å². The molecule has 31 heavy (non-hydrogen) atoms. The standard InChI is InChI=1S/C22H20ClN3O4S/c1-14-17(12-22(27)28)19-9-8-15(24)13-25(19)20(14)11-16-5-4-10-26(16)31(29,30)21-7-3-2-6-18(21)23/h2-10,13H,11-12,24H2,1H3,(H,27,28). The Labute approximate surface area is 184 Å². The molecular formula is C22H20ClN3O4S. The van der Waals surface area contributed by atoms with Gasteiger partial charge in [0.2, 0.25) is 0 Å². The zero-order valence-electron chi connectivity index (χ0n) is 16.6. The number of nitrogens with zero attached hydrogens (tertiary/aromatic N) is 2. The Kier molecular flexibility index (Phi) is 5.28. The van der Waals surface area contributed by atoms with Gasteiger partial charge in [-0.1, -0.05) is 23.7 Å². The quantitative estimate of drug-likeness (QED) is 0.458. The molecule has 0 aliphatic rings. The molecule has 0 spiro atoms. The first kappa shape index (κ1) is 21.0. The van der Waals surface area contributed by atoms with Crippen LogP contribution in [0.4, 0.5) is 5.69 Å². The van der Waals surface area contributed by atoms with Crippen molar-refractivity contribution >= 4 is 38.8 Å². The second-order valence-electron chi connectivity index (χ2n) is 7.25.